The van der Waals surface area contributed by atoms with Crippen LogP contribution in [0, 0.1) is 0 Å². The molecule has 0 bridgehead atoms. The van der Waals surface area contributed by atoms with Crippen molar-refractivity contribution in [2.24, 2.45) is 0 Å². The van der Waals surface area contributed by atoms with E-state index in [1.807, 2.05) is 24.3 Å². The molecule has 2 aromatic rings. The number of nitrogen functional groups attached to an aromatic ring is 1. The third-order valence-corrected chi connectivity index (χ3v) is 3.08. The van der Waals surface area contributed by atoms with Gasteiger partial charge in [0, 0.05) is 23.5 Å². The molecule has 0 saturated heterocycles. The lowest BCUT2D eigenvalue weighted by molar-refractivity contribution is 1.02. The predicted octanol–water partition coefficient (Wildman–Crippen LogP) is 3.26. The molecule has 2 aromatic heterocycles. The second kappa shape index (κ2) is 4.00. The molecule has 0 atom stereocenters. The predicted molar refractivity (Wildman–Crippen MR) is 68.9 cm³/mol. The maximum Gasteiger partial charge on any atom is 0.0910 e. The van der Waals surface area contributed by atoms with E-state index in [-0.39, 0.29) is 0 Å². The molecule has 1 fully saturated rings. The third-order valence-electron chi connectivity index (χ3n) is 2.85. The van der Waals surface area contributed by atoms with Gasteiger partial charge in [0.15, 0.2) is 0 Å². The smallest absolute Gasteiger partial charge is 0.0910 e. The summed E-state index contributed by atoms with van der Waals surface area (Å²) in [5, 5.41) is 0.625. The topological polar surface area (TPSA) is 51.8 Å². The van der Waals surface area contributed by atoms with E-state index in [0.717, 1.165) is 22.8 Å². The SMILES string of the molecule is Nc1cc(-c2ccc(Cl)cn2)nc(C2CC2)c1. The van der Waals surface area contributed by atoms with Crippen LogP contribution in [0.3, 0.4) is 0 Å². The molecule has 0 aromatic carbocycles. The molecular weight excluding hydrogens is 234 g/mol. The van der Waals surface area contributed by atoms with E-state index >= 15 is 0 Å². The second-order valence-corrected chi connectivity index (χ2v) is 4.78. The van der Waals surface area contributed by atoms with E-state index in [2.05, 4.69) is 9.97 Å². The maximum atomic E-state index is 5.90. The monoisotopic (exact) mass is 245 g/mol. The standard InChI is InChI=1S/C13H12ClN3/c14-9-3-4-11(16-7-9)13-6-10(15)5-12(17-13)8-1-2-8/h3-8H,1-2H2,(H2,15,17). The molecule has 1 aliphatic rings. The van der Waals surface area contributed by atoms with E-state index in [1.165, 1.54) is 12.8 Å². The van der Waals surface area contributed by atoms with Crippen molar-refractivity contribution < 1.29 is 0 Å². The molecule has 0 amide bonds. The van der Waals surface area contributed by atoms with Gasteiger partial charge in [0.05, 0.1) is 16.4 Å². The number of pyridine rings is 2. The first-order valence-corrected chi connectivity index (χ1v) is 5.99. The lowest BCUT2D eigenvalue weighted by atomic mass is 10.2. The average molecular weight is 246 g/mol. The zero-order valence-corrected chi connectivity index (χ0v) is 9.98. The molecule has 0 radical (unpaired) electrons. The van der Waals surface area contributed by atoms with Crippen LogP contribution in [0.5, 0.6) is 0 Å². The summed E-state index contributed by atoms with van der Waals surface area (Å²) in [5.74, 6) is 0.588. The Labute approximate surface area is 105 Å². The molecule has 3 nitrogen and oxygen atoms in total. The summed E-state index contributed by atoms with van der Waals surface area (Å²) in [6.45, 7) is 0. The highest BCUT2D eigenvalue weighted by atomic mass is 35.5. The first-order chi connectivity index (χ1) is 8.22. The molecule has 0 spiro atoms. The van der Waals surface area contributed by atoms with E-state index in [4.69, 9.17) is 17.3 Å². The van der Waals surface area contributed by atoms with E-state index in [9.17, 15) is 0 Å². The Bertz CT molecular complexity index is 547. The van der Waals surface area contributed by atoms with Crippen LogP contribution in [0.2, 0.25) is 5.02 Å². The van der Waals surface area contributed by atoms with Gasteiger partial charge in [-0.15, -0.1) is 0 Å². The molecule has 2 heterocycles. The van der Waals surface area contributed by atoms with Gasteiger partial charge in [0.1, 0.15) is 0 Å². The number of nitrogens with zero attached hydrogens (tertiary/aromatic N) is 2. The lowest BCUT2D eigenvalue weighted by Crippen LogP contribution is -1.96. The van der Waals surface area contributed by atoms with Crippen molar-refractivity contribution in [2.75, 3.05) is 5.73 Å². The summed E-state index contributed by atoms with van der Waals surface area (Å²) in [6.07, 6.45) is 4.05. The van der Waals surface area contributed by atoms with Crippen molar-refractivity contribution in [3.63, 3.8) is 0 Å². The molecule has 0 aliphatic heterocycles. The molecule has 1 saturated carbocycles. The van der Waals surface area contributed by atoms with Crippen LogP contribution in [0.15, 0.2) is 30.5 Å². The van der Waals surface area contributed by atoms with E-state index < -0.39 is 0 Å². The van der Waals surface area contributed by atoms with Gasteiger partial charge < -0.3 is 5.73 Å². The molecule has 2 N–H and O–H groups in total. The molecule has 1 aliphatic carbocycles. The van der Waals surface area contributed by atoms with Gasteiger partial charge in [-0.1, -0.05) is 11.6 Å². The quantitative estimate of drug-likeness (QED) is 0.884. The fraction of sp³-hybridized carbons (Fsp3) is 0.231. The summed E-state index contributed by atoms with van der Waals surface area (Å²) in [7, 11) is 0. The van der Waals surface area contributed by atoms with Crippen molar-refractivity contribution in [2.45, 2.75) is 18.8 Å². The Kier molecular flexibility index (Phi) is 2.48. The highest BCUT2D eigenvalue weighted by Crippen LogP contribution is 2.40. The normalized spacial score (nSPS) is 14.9. The third kappa shape index (κ3) is 2.24. The zero-order valence-electron chi connectivity index (χ0n) is 9.23. The Morgan fingerprint density at radius 2 is 2.00 bits per heavy atom. The molecule has 17 heavy (non-hydrogen) atoms. The minimum atomic E-state index is 0.588. The summed E-state index contributed by atoms with van der Waals surface area (Å²) >= 11 is 5.81. The number of nitrogens with two attached hydrogens (primary N) is 1. The second-order valence-electron chi connectivity index (χ2n) is 4.35. The molecular formula is C13H12ClN3. The number of halogens is 1. The van der Waals surface area contributed by atoms with Crippen LogP contribution >= 0.6 is 11.6 Å². The van der Waals surface area contributed by atoms with Gasteiger partial charge in [-0.05, 0) is 37.1 Å². The van der Waals surface area contributed by atoms with E-state index in [1.54, 1.807) is 6.20 Å². The Balaban J connectivity index is 2.04. The number of aromatic nitrogens is 2. The maximum absolute atomic E-state index is 5.90. The number of rotatable bonds is 2. The Hall–Kier alpha value is -1.61. The summed E-state index contributed by atoms with van der Waals surface area (Å²) < 4.78 is 0. The van der Waals surface area contributed by atoms with Gasteiger partial charge in [0.2, 0.25) is 0 Å². The Morgan fingerprint density at radius 3 is 2.65 bits per heavy atom. The molecule has 4 heteroatoms. The van der Waals surface area contributed by atoms with E-state index in [0.29, 0.717) is 10.9 Å². The molecule has 3 rings (SSSR count). The minimum absolute atomic E-state index is 0.588. The first kappa shape index (κ1) is 10.5. The van der Waals surface area contributed by atoms with Crippen LogP contribution in [-0.2, 0) is 0 Å². The Morgan fingerprint density at radius 1 is 1.18 bits per heavy atom. The number of anilines is 1. The summed E-state index contributed by atoms with van der Waals surface area (Å²) in [6, 6.07) is 7.48. The highest BCUT2D eigenvalue weighted by molar-refractivity contribution is 6.30. The first-order valence-electron chi connectivity index (χ1n) is 5.62. The van der Waals surface area contributed by atoms with Crippen molar-refractivity contribution in [3.05, 3.63) is 41.2 Å². The summed E-state index contributed by atoms with van der Waals surface area (Å²) in [5.41, 5.74) is 9.35. The fourth-order valence-electron chi connectivity index (χ4n) is 1.82. The van der Waals surface area contributed by atoms with Crippen molar-refractivity contribution in [1.82, 2.24) is 9.97 Å². The molecule has 0 unspecified atom stereocenters. The van der Waals surface area contributed by atoms with Crippen LogP contribution in [0.1, 0.15) is 24.5 Å². The van der Waals surface area contributed by atoms with Gasteiger partial charge in [-0.2, -0.15) is 0 Å². The summed E-state index contributed by atoms with van der Waals surface area (Å²) in [4.78, 5) is 8.87. The van der Waals surface area contributed by atoms with Crippen LogP contribution in [-0.4, -0.2) is 9.97 Å². The van der Waals surface area contributed by atoms with Gasteiger partial charge in [-0.25, -0.2) is 0 Å². The largest absolute Gasteiger partial charge is 0.399 e. The average Bonchev–Trinajstić information content (AvgIpc) is 3.13. The van der Waals surface area contributed by atoms with Gasteiger partial charge >= 0.3 is 0 Å². The number of hydrogen-bond acceptors (Lipinski definition) is 3. The van der Waals surface area contributed by atoms with Crippen molar-refractivity contribution >= 4 is 17.3 Å². The number of hydrogen-bond donors (Lipinski definition) is 1. The van der Waals surface area contributed by atoms with Crippen LogP contribution in [0.25, 0.3) is 11.4 Å². The van der Waals surface area contributed by atoms with Gasteiger partial charge in [-0.3, -0.25) is 9.97 Å². The van der Waals surface area contributed by atoms with Gasteiger partial charge in [0.25, 0.3) is 0 Å². The zero-order chi connectivity index (χ0) is 11.8. The lowest BCUT2D eigenvalue weighted by Gasteiger charge is -2.05. The molecule has 86 valence electrons. The van der Waals surface area contributed by atoms with Crippen LogP contribution < -0.4 is 5.73 Å². The highest BCUT2D eigenvalue weighted by Gasteiger charge is 2.25. The van der Waals surface area contributed by atoms with Crippen LogP contribution in [0.4, 0.5) is 5.69 Å². The fourth-order valence-corrected chi connectivity index (χ4v) is 1.93. The van der Waals surface area contributed by atoms with Crippen molar-refractivity contribution in [3.8, 4) is 11.4 Å². The minimum Gasteiger partial charge on any atom is -0.399 e. The van der Waals surface area contributed by atoms with Crippen molar-refractivity contribution in [1.29, 1.82) is 0 Å².